The number of thiazole rings is 1. The van der Waals surface area contributed by atoms with Crippen molar-refractivity contribution in [2.75, 3.05) is 0 Å². The number of hydrogen-bond acceptors (Lipinski definition) is 4. The van der Waals surface area contributed by atoms with Gasteiger partial charge in [-0.15, -0.1) is 11.3 Å². The highest BCUT2D eigenvalue weighted by molar-refractivity contribution is 7.15. The highest BCUT2D eigenvalue weighted by Gasteiger charge is 2.10. The molecule has 3 aromatic heterocycles. The molecule has 86 valence electrons. The van der Waals surface area contributed by atoms with Gasteiger partial charge in [-0.25, -0.2) is 9.97 Å². The Balaban J connectivity index is 2.07. The van der Waals surface area contributed by atoms with Crippen LogP contribution < -0.4 is 5.73 Å². The smallest absolute Gasteiger partial charge is 0.143 e. The van der Waals surface area contributed by atoms with Crippen LogP contribution >= 0.6 is 11.3 Å². The molecule has 0 aromatic carbocycles. The van der Waals surface area contributed by atoms with Gasteiger partial charge < -0.3 is 10.1 Å². The average molecular weight is 244 g/mol. The number of hydrogen-bond donors (Lipinski definition) is 1. The Morgan fingerprint density at radius 3 is 3.00 bits per heavy atom. The van der Waals surface area contributed by atoms with Crippen LogP contribution in [0.25, 0.3) is 16.3 Å². The number of imidazole rings is 1. The third-order valence-corrected chi connectivity index (χ3v) is 3.78. The molecular weight excluding hydrogens is 232 g/mol. The normalized spacial score (nSPS) is 13.1. The number of aromatic nitrogens is 3. The van der Waals surface area contributed by atoms with E-state index in [-0.39, 0.29) is 6.04 Å². The fraction of sp³-hybridized carbons (Fsp3) is 0.167. The topological polar surface area (TPSA) is 56.2 Å². The highest BCUT2D eigenvalue weighted by atomic mass is 32.1. The molecule has 0 spiro atoms. The zero-order chi connectivity index (χ0) is 11.8. The predicted molar refractivity (Wildman–Crippen MR) is 68.9 cm³/mol. The van der Waals surface area contributed by atoms with Crippen LogP contribution in [0.4, 0.5) is 0 Å². The predicted octanol–water partition coefficient (Wildman–Crippen LogP) is 2.48. The Morgan fingerprint density at radius 2 is 2.29 bits per heavy atom. The third-order valence-electron chi connectivity index (χ3n) is 2.56. The molecule has 0 saturated heterocycles. The minimum Gasteiger partial charge on any atom is -0.323 e. The van der Waals surface area contributed by atoms with Gasteiger partial charge in [0.1, 0.15) is 16.3 Å². The van der Waals surface area contributed by atoms with Crippen LogP contribution in [0.15, 0.2) is 36.8 Å². The fourth-order valence-electron chi connectivity index (χ4n) is 1.65. The summed E-state index contributed by atoms with van der Waals surface area (Å²) >= 11 is 1.60. The highest BCUT2D eigenvalue weighted by Crippen LogP contribution is 2.27. The van der Waals surface area contributed by atoms with E-state index in [9.17, 15) is 0 Å². The van der Waals surface area contributed by atoms with Gasteiger partial charge in [0.2, 0.25) is 0 Å². The fourth-order valence-corrected chi connectivity index (χ4v) is 2.48. The quantitative estimate of drug-likeness (QED) is 0.753. The van der Waals surface area contributed by atoms with Crippen molar-refractivity contribution in [3.8, 4) is 10.7 Å². The summed E-state index contributed by atoms with van der Waals surface area (Å²) in [4.78, 5) is 9.97. The second-order valence-electron chi connectivity index (χ2n) is 3.95. The van der Waals surface area contributed by atoms with Crippen molar-refractivity contribution in [3.63, 3.8) is 0 Å². The lowest BCUT2D eigenvalue weighted by Gasteiger charge is -1.96. The van der Waals surface area contributed by atoms with E-state index in [0.717, 1.165) is 21.2 Å². The Hall–Kier alpha value is -1.72. The molecule has 0 aliphatic rings. The van der Waals surface area contributed by atoms with E-state index in [1.54, 1.807) is 11.3 Å². The standard InChI is InChI=1S/C12H12N4S/c1-8(13)10-6-14-12(17-10)9-7-16-5-3-2-4-11(16)15-9/h2-8H,13H2,1H3. The van der Waals surface area contributed by atoms with Gasteiger partial charge in [0.15, 0.2) is 0 Å². The molecule has 0 radical (unpaired) electrons. The number of nitrogens with two attached hydrogens (primary N) is 1. The molecule has 3 heterocycles. The van der Waals surface area contributed by atoms with E-state index in [1.807, 2.05) is 48.1 Å². The van der Waals surface area contributed by atoms with Gasteiger partial charge in [0, 0.05) is 29.5 Å². The summed E-state index contributed by atoms with van der Waals surface area (Å²) in [5.41, 5.74) is 7.65. The van der Waals surface area contributed by atoms with Crippen molar-refractivity contribution < 1.29 is 0 Å². The molecule has 0 saturated carbocycles. The molecule has 0 amide bonds. The molecule has 0 aliphatic heterocycles. The van der Waals surface area contributed by atoms with E-state index in [4.69, 9.17) is 5.73 Å². The second-order valence-corrected chi connectivity index (χ2v) is 5.01. The number of fused-ring (bicyclic) bond motifs is 1. The molecule has 17 heavy (non-hydrogen) atoms. The third kappa shape index (κ3) is 1.83. The summed E-state index contributed by atoms with van der Waals surface area (Å²) in [5.74, 6) is 0. The first kappa shape index (κ1) is 10.4. The monoisotopic (exact) mass is 244 g/mol. The van der Waals surface area contributed by atoms with E-state index in [1.165, 1.54) is 0 Å². The lowest BCUT2D eigenvalue weighted by Crippen LogP contribution is -2.01. The van der Waals surface area contributed by atoms with Gasteiger partial charge in [-0.1, -0.05) is 6.07 Å². The SMILES string of the molecule is CC(N)c1cnc(-c2cn3ccccc3n2)s1. The van der Waals surface area contributed by atoms with E-state index < -0.39 is 0 Å². The summed E-state index contributed by atoms with van der Waals surface area (Å²) in [6, 6.07) is 5.96. The maximum absolute atomic E-state index is 5.83. The van der Waals surface area contributed by atoms with Crippen LogP contribution in [0.3, 0.4) is 0 Å². The molecule has 0 aliphatic carbocycles. The van der Waals surface area contributed by atoms with Gasteiger partial charge in [0.25, 0.3) is 0 Å². The Bertz CT molecular complexity index is 620. The van der Waals surface area contributed by atoms with Gasteiger partial charge in [-0.3, -0.25) is 0 Å². The Morgan fingerprint density at radius 1 is 1.41 bits per heavy atom. The summed E-state index contributed by atoms with van der Waals surface area (Å²) in [6.07, 6.45) is 5.79. The van der Waals surface area contributed by atoms with Crippen LogP contribution in [0.2, 0.25) is 0 Å². The van der Waals surface area contributed by atoms with Crippen LogP contribution in [0.5, 0.6) is 0 Å². The lowest BCUT2D eigenvalue weighted by molar-refractivity contribution is 0.835. The van der Waals surface area contributed by atoms with Gasteiger partial charge in [0.05, 0.1) is 0 Å². The van der Waals surface area contributed by atoms with Crippen molar-refractivity contribution in [1.82, 2.24) is 14.4 Å². The molecule has 4 nitrogen and oxygen atoms in total. The first-order chi connectivity index (χ1) is 8.24. The first-order valence-corrected chi connectivity index (χ1v) is 6.21. The van der Waals surface area contributed by atoms with Crippen molar-refractivity contribution in [1.29, 1.82) is 0 Å². The van der Waals surface area contributed by atoms with E-state index in [0.29, 0.717) is 0 Å². The van der Waals surface area contributed by atoms with Crippen molar-refractivity contribution in [3.05, 3.63) is 41.7 Å². The second kappa shape index (κ2) is 3.94. The largest absolute Gasteiger partial charge is 0.323 e. The number of nitrogens with zero attached hydrogens (tertiary/aromatic N) is 3. The minimum absolute atomic E-state index is 0.0262. The van der Waals surface area contributed by atoms with Crippen LogP contribution in [-0.4, -0.2) is 14.4 Å². The molecule has 1 atom stereocenters. The summed E-state index contributed by atoms with van der Waals surface area (Å²) in [6.45, 7) is 1.96. The van der Waals surface area contributed by atoms with Gasteiger partial charge in [-0.05, 0) is 19.1 Å². The molecular formula is C12H12N4S. The summed E-state index contributed by atoms with van der Waals surface area (Å²) < 4.78 is 1.99. The van der Waals surface area contributed by atoms with Crippen LogP contribution in [-0.2, 0) is 0 Å². The van der Waals surface area contributed by atoms with Crippen LogP contribution in [0, 0.1) is 0 Å². The maximum Gasteiger partial charge on any atom is 0.143 e. The number of rotatable bonds is 2. The maximum atomic E-state index is 5.83. The zero-order valence-electron chi connectivity index (χ0n) is 9.37. The van der Waals surface area contributed by atoms with Gasteiger partial charge in [-0.2, -0.15) is 0 Å². The Labute approximate surface area is 103 Å². The summed E-state index contributed by atoms with van der Waals surface area (Å²) in [5, 5.41) is 0.918. The van der Waals surface area contributed by atoms with Gasteiger partial charge >= 0.3 is 0 Å². The molecule has 5 heteroatoms. The summed E-state index contributed by atoms with van der Waals surface area (Å²) in [7, 11) is 0. The van der Waals surface area contributed by atoms with E-state index >= 15 is 0 Å². The number of pyridine rings is 1. The molecule has 0 bridgehead atoms. The average Bonchev–Trinajstić information content (AvgIpc) is 2.95. The zero-order valence-corrected chi connectivity index (χ0v) is 10.2. The van der Waals surface area contributed by atoms with Crippen LogP contribution in [0.1, 0.15) is 17.8 Å². The molecule has 3 aromatic rings. The van der Waals surface area contributed by atoms with Crippen molar-refractivity contribution in [2.45, 2.75) is 13.0 Å². The minimum atomic E-state index is 0.0262. The van der Waals surface area contributed by atoms with Crippen molar-refractivity contribution in [2.24, 2.45) is 5.73 Å². The molecule has 0 fully saturated rings. The Kier molecular flexibility index (Phi) is 2.42. The molecule has 3 rings (SSSR count). The van der Waals surface area contributed by atoms with Crippen molar-refractivity contribution >= 4 is 17.0 Å². The lowest BCUT2D eigenvalue weighted by atomic mass is 10.3. The molecule has 1 unspecified atom stereocenters. The first-order valence-electron chi connectivity index (χ1n) is 5.39. The van der Waals surface area contributed by atoms with E-state index in [2.05, 4.69) is 9.97 Å². The molecule has 2 N–H and O–H groups in total.